The lowest BCUT2D eigenvalue weighted by molar-refractivity contribution is -0.125. The van der Waals surface area contributed by atoms with E-state index in [9.17, 15) is 9.59 Å². The Bertz CT molecular complexity index is 480. The SMILES string of the molecule is CC(C)C(C)NC(=O)COC(=O)c1cc(N)cc(N)c1. The third kappa shape index (κ3) is 4.79. The Hall–Kier alpha value is -2.24. The Morgan fingerprint density at radius 3 is 2.20 bits per heavy atom. The molecule has 0 aliphatic rings. The van der Waals surface area contributed by atoms with E-state index in [0.717, 1.165) is 0 Å². The van der Waals surface area contributed by atoms with Crippen LogP contribution in [-0.4, -0.2) is 24.5 Å². The summed E-state index contributed by atoms with van der Waals surface area (Å²) in [6.07, 6.45) is 0. The Labute approximate surface area is 118 Å². The van der Waals surface area contributed by atoms with Crippen molar-refractivity contribution in [2.24, 2.45) is 5.92 Å². The smallest absolute Gasteiger partial charge is 0.338 e. The second-order valence-electron chi connectivity index (χ2n) is 5.06. The predicted molar refractivity (Wildman–Crippen MR) is 78.0 cm³/mol. The van der Waals surface area contributed by atoms with Gasteiger partial charge in [-0.2, -0.15) is 0 Å². The summed E-state index contributed by atoms with van der Waals surface area (Å²) < 4.78 is 4.92. The molecule has 20 heavy (non-hydrogen) atoms. The van der Waals surface area contributed by atoms with E-state index in [0.29, 0.717) is 17.3 Å². The van der Waals surface area contributed by atoms with Crippen molar-refractivity contribution in [3.05, 3.63) is 23.8 Å². The molecule has 1 aromatic rings. The number of hydrogen-bond acceptors (Lipinski definition) is 5. The molecule has 5 N–H and O–H groups in total. The molecule has 0 aliphatic heterocycles. The van der Waals surface area contributed by atoms with Crippen LogP contribution in [0.5, 0.6) is 0 Å². The molecule has 0 radical (unpaired) electrons. The molecule has 1 unspecified atom stereocenters. The second kappa shape index (κ2) is 6.79. The summed E-state index contributed by atoms with van der Waals surface area (Å²) in [5.41, 5.74) is 12.1. The first kappa shape index (κ1) is 15.8. The number of anilines is 2. The van der Waals surface area contributed by atoms with Gasteiger partial charge in [0.25, 0.3) is 5.91 Å². The molecule has 0 spiro atoms. The van der Waals surface area contributed by atoms with Gasteiger partial charge < -0.3 is 21.5 Å². The Kier molecular flexibility index (Phi) is 5.37. The zero-order valence-electron chi connectivity index (χ0n) is 12.0. The van der Waals surface area contributed by atoms with Crippen molar-refractivity contribution in [2.75, 3.05) is 18.1 Å². The number of benzene rings is 1. The van der Waals surface area contributed by atoms with Gasteiger partial charge in [-0.3, -0.25) is 4.79 Å². The summed E-state index contributed by atoms with van der Waals surface area (Å²) in [7, 11) is 0. The van der Waals surface area contributed by atoms with Gasteiger partial charge in [0.2, 0.25) is 0 Å². The van der Waals surface area contributed by atoms with Crippen LogP contribution >= 0.6 is 0 Å². The maximum Gasteiger partial charge on any atom is 0.338 e. The molecule has 0 fully saturated rings. The monoisotopic (exact) mass is 279 g/mol. The zero-order chi connectivity index (χ0) is 15.3. The molecular weight excluding hydrogens is 258 g/mol. The lowest BCUT2D eigenvalue weighted by Crippen LogP contribution is -2.38. The number of esters is 1. The highest BCUT2D eigenvalue weighted by Crippen LogP contribution is 2.14. The van der Waals surface area contributed by atoms with Crippen LogP contribution in [0.1, 0.15) is 31.1 Å². The lowest BCUT2D eigenvalue weighted by Gasteiger charge is -2.17. The Morgan fingerprint density at radius 2 is 1.70 bits per heavy atom. The summed E-state index contributed by atoms with van der Waals surface area (Å²) in [6.45, 7) is 5.55. The normalized spacial score (nSPS) is 12.0. The van der Waals surface area contributed by atoms with Gasteiger partial charge in [-0.05, 0) is 31.0 Å². The van der Waals surface area contributed by atoms with E-state index in [1.165, 1.54) is 18.2 Å². The highest BCUT2D eigenvalue weighted by molar-refractivity contribution is 5.93. The van der Waals surface area contributed by atoms with Crippen molar-refractivity contribution < 1.29 is 14.3 Å². The van der Waals surface area contributed by atoms with E-state index in [4.69, 9.17) is 16.2 Å². The highest BCUT2D eigenvalue weighted by atomic mass is 16.5. The van der Waals surface area contributed by atoms with Gasteiger partial charge >= 0.3 is 5.97 Å². The molecule has 6 heteroatoms. The number of nitrogen functional groups attached to an aromatic ring is 2. The highest BCUT2D eigenvalue weighted by Gasteiger charge is 2.14. The first-order chi connectivity index (χ1) is 9.29. The minimum absolute atomic E-state index is 0.0178. The van der Waals surface area contributed by atoms with Crippen LogP contribution in [0.3, 0.4) is 0 Å². The number of amides is 1. The van der Waals surface area contributed by atoms with Gasteiger partial charge in [0.1, 0.15) is 0 Å². The quantitative estimate of drug-likeness (QED) is 0.554. The van der Waals surface area contributed by atoms with Crippen molar-refractivity contribution >= 4 is 23.3 Å². The van der Waals surface area contributed by atoms with E-state index >= 15 is 0 Å². The lowest BCUT2D eigenvalue weighted by atomic mass is 10.1. The van der Waals surface area contributed by atoms with Crippen LogP contribution in [0, 0.1) is 5.92 Å². The molecule has 0 heterocycles. The van der Waals surface area contributed by atoms with Crippen LogP contribution < -0.4 is 16.8 Å². The molecule has 1 aromatic carbocycles. The second-order valence-corrected chi connectivity index (χ2v) is 5.06. The van der Waals surface area contributed by atoms with Gasteiger partial charge in [-0.1, -0.05) is 13.8 Å². The van der Waals surface area contributed by atoms with E-state index in [2.05, 4.69) is 5.32 Å². The summed E-state index contributed by atoms with van der Waals surface area (Å²) in [4.78, 5) is 23.3. The fourth-order valence-corrected chi connectivity index (χ4v) is 1.47. The van der Waals surface area contributed by atoms with Crippen molar-refractivity contribution in [3.63, 3.8) is 0 Å². The molecular formula is C14H21N3O3. The first-order valence-electron chi connectivity index (χ1n) is 6.42. The molecule has 110 valence electrons. The molecule has 1 atom stereocenters. The molecule has 6 nitrogen and oxygen atoms in total. The van der Waals surface area contributed by atoms with E-state index in [1.54, 1.807) is 0 Å². The largest absolute Gasteiger partial charge is 0.452 e. The third-order valence-corrected chi connectivity index (χ3v) is 2.94. The number of rotatable bonds is 5. The predicted octanol–water partition coefficient (Wildman–Crippen LogP) is 1.17. The molecule has 0 saturated carbocycles. The zero-order valence-corrected chi connectivity index (χ0v) is 12.0. The van der Waals surface area contributed by atoms with Crippen LogP contribution in [0.4, 0.5) is 11.4 Å². The van der Waals surface area contributed by atoms with Gasteiger partial charge in [0.15, 0.2) is 6.61 Å². The van der Waals surface area contributed by atoms with E-state index in [1.807, 2.05) is 20.8 Å². The Balaban J connectivity index is 2.53. The van der Waals surface area contributed by atoms with Crippen LogP contribution in [0.2, 0.25) is 0 Å². The van der Waals surface area contributed by atoms with Gasteiger partial charge in [0.05, 0.1) is 5.56 Å². The minimum atomic E-state index is -0.628. The maximum absolute atomic E-state index is 11.8. The van der Waals surface area contributed by atoms with Gasteiger partial charge in [0, 0.05) is 17.4 Å². The van der Waals surface area contributed by atoms with Crippen LogP contribution in [0.15, 0.2) is 18.2 Å². The number of carbonyl (C=O) groups excluding carboxylic acids is 2. The average molecular weight is 279 g/mol. The van der Waals surface area contributed by atoms with Gasteiger partial charge in [-0.25, -0.2) is 4.79 Å². The molecule has 0 aliphatic carbocycles. The molecule has 0 aromatic heterocycles. The molecule has 1 rings (SSSR count). The minimum Gasteiger partial charge on any atom is -0.452 e. The summed E-state index contributed by atoms with van der Waals surface area (Å²) in [5.74, 6) is -0.656. The summed E-state index contributed by atoms with van der Waals surface area (Å²) in [6, 6.07) is 4.46. The van der Waals surface area contributed by atoms with Crippen LogP contribution in [-0.2, 0) is 9.53 Å². The van der Waals surface area contributed by atoms with Crippen molar-refractivity contribution in [2.45, 2.75) is 26.8 Å². The maximum atomic E-state index is 11.8. The number of ether oxygens (including phenoxy) is 1. The fourth-order valence-electron chi connectivity index (χ4n) is 1.47. The molecule has 0 saturated heterocycles. The van der Waals surface area contributed by atoms with Crippen LogP contribution in [0.25, 0.3) is 0 Å². The van der Waals surface area contributed by atoms with Gasteiger partial charge in [-0.15, -0.1) is 0 Å². The number of hydrogen-bond donors (Lipinski definition) is 3. The standard InChI is InChI=1S/C14H21N3O3/c1-8(2)9(3)17-13(18)7-20-14(19)10-4-11(15)6-12(16)5-10/h4-6,8-9H,7,15-16H2,1-3H3,(H,17,18). The van der Waals surface area contributed by atoms with Crippen molar-refractivity contribution in [1.82, 2.24) is 5.32 Å². The number of nitrogens with one attached hydrogen (secondary N) is 1. The van der Waals surface area contributed by atoms with Crippen molar-refractivity contribution in [3.8, 4) is 0 Å². The number of carbonyl (C=O) groups is 2. The first-order valence-corrected chi connectivity index (χ1v) is 6.42. The van der Waals surface area contributed by atoms with E-state index in [-0.39, 0.29) is 24.1 Å². The molecule has 1 amide bonds. The topological polar surface area (TPSA) is 107 Å². The van der Waals surface area contributed by atoms with E-state index < -0.39 is 5.97 Å². The third-order valence-electron chi connectivity index (χ3n) is 2.94. The average Bonchev–Trinajstić information content (AvgIpc) is 2.34. The summed E-state index contributed by atoms with van der Waals surface area (Å²) in [5, 5.41) is 2.74. The number of nitrogens with two attached hydrogens (primary N) is 2. The Morgan fingerprint density at radius 1 is 1.15 bits per heavy atom. The fraction of sp³-hybridized carbons (Fsp3) is 0.429. The van der Waals surface area contributed by atoms with Crippen molar-refractivity contribution in [1.29, 1.82) is 0 Å². The molecule has 0 bridgehead atoms. The summed E-state index contributed by atoms with van der Waals surface area (Å²) >= 11 is 0.